The van der Waals surface area contributed by atoms with E-state index in [2.05, 4.69) is 33.0 Å². The molecule has 0 saturated carbocycles. The zero-order chi connectivity index (χ0) is 10.5. The van der Waals surface area contributed by atoms with Crippen molar-refractivity contribution >= 4 is 0 Å². The van der Waals surface area contributed by atoms with Gasteiger partial charge in [0.2, 0.25) is 0 Å². The van der Waals surface area contributed by atoms with Crippen molar-refractivity contribution in [2.75, 3.05) is 20.8 Å². The van der Waals surface area contributed by atoms with Gasteiger partial charge in [-0.05, 0) is 24.8 Å². The van der Waals surface area contributed by atoms with Gasteiger partial charge in [-0.25, -0.2) is 0 Å². The number of ether oxygens (including phenoxy) is 1. The molecule has 2 heteroatoms. The minimum Gasteiger partial charge on any atom is -0.385 e. The van der Waals surface area contributed by atoms with E-state index in [1.165, 1.54) is 0 Å². The zero-order valence-electron chi connectivity index (χ0n) is 9.98. The van der Waals surface area contributed by atoms with Gasteiger partial charge in [0.25, 0.3) is 0 Å². The molecule has 0 radical (unpaired) electrons. The van der Waals surface area contributed by atoms with Crippen LogP contribution in [0.3, 0.4) is 0 Å². The summed E-state index contributed by atoms with van der Waals surface area (Å²) in [4.78, 5) is 0. The van der Waals surface area contributed by atoms with Crippen LogP contribution in [0.2, 0.25) is 0 Å². The molecule has 0 heterocycles. The fourth-order valence-electron chi connectivity index (χ4n) is 2.04. The zero-order valence-corrected chi connectivity index (χ0v) is 9.98. The fraction of sp³-hybridized carbons (Fsp3) is 1.00. The van der Waals surface area contributed by atoms with Crippen molar-refractivity contribution in [3.8, 4) is 0 Å². The maximum absolute atomic E-state index is 5.09. The molecular formula is C11H25NO. The van der Waals surface area contributed by atoms with Gasteiger partial charge < -0.3 is 10.1 Å². The highest BCUT2D eigenvalue weighted by Crippen LogP contribution is 2.26. The summed E-state index contributed by atoms with van der Waals surface area (Å²) >= 11 is 0. The standard InChI is InChI=1S/C11H25NO/c1-9(7-8-13-6)10(12-5)11(2,3)4/h9-10,12H,7-8H2,1-6H3. The molecule has 1 N–H and O–H groups in total. The molecule has 0 bridgehead atoms. The number of nitrogens with one attached hydrogen (secondary N) is 1. The van der Waals surface area contributed by atoms with Crippen LogP contribution in [0.1, 0.15) is 34.1 Å². The van der Waals surface area contributed by atoms with Crippen molar-refractivity contribution in [3.63, 3.8) is 0 Å². The van der Waals surface area contributed by atoms with E-state index in [9.17, 15) is 0 Å². The third-order valence-electron chi connectivity index (χ3n) is 2.59. The molecule has 0 aliphatic rings. The summed E-state index contributed by atoms with van der Waals surface area (Å²) in [5.74, 6) is 0.657. The number of hydrogen-bond donors (Lipinski definition) is 1. The lowest BCUT2D eigenvalue weighted by Gasteiger charge is -2.35. The van der Waals surface area contributed by atoms with Crippen LogP contribution in [0.5, 0.6) is 0 Å². The van der Waals surface area contributed by atoms with Gasteiger partial charge in [-0.2, -0.15) is 0 Å². The number of hydrogen-bond acceptors (Lipinski definition) is 2. The first-order chi connectivity index (χ1) is 5.93. The maximum atomic E-state index is 5.09. The molecule has 2 unspecified atom stereocenters. The predicted molar refractivity (Wildman–Crippen MR) is 58.0 cm³/mol. The molecule has 0 aromatic heterocycles. The van der Waals surface area contributed by atoms with Gasteiger partial charge in [-0.1, -0.05) is 27.7 Å². The van der Waals surface area contributed by atoms with Crippen LogP contribution in [0.25, 0.3) is 0 Å². The van der Waals surface area contributed by atoms with Gasteiger partial charge in [-0.15, -0.1) is 0 Å². The van der Waals surface area contributed by atoms with E-state index in [0.29, 0.717) is 17.4 Å². The van der Waals surface area contributed by atoms with Gasteiger partial charge in [0.1, 0.15) is 0 Å². The largest absolute Gasteiger partial charge is 0.385 e. The molecule has 0 aromatic carbocycles. The van der Waals surface area contributed by atoms with E-state index in [4.69, 9.17) is 4.74 Å². The van der Waals surface area contributed by atoms with Crippen LogP contribution in [0.15, 0.2) is 0 Å². The van der Waals surface area contributed by atoms with E-state index in [-0.39, 0.29) is 0 Å². The van der Waals surface area contributed by atoms with E-state index >= 15 is 0 Å². The summed E-state index contributed by atoms with van der Waals surface area (Å²) in [7, 11) is 3.80. The van der Waals surface area contributed by atoms with Crippen molar-refractivity contribution in [1.29, 1.82) is 0 Å². The first-order valence-electron chi connectivity index (χ1n) is 5.09. The normalized spacial score (nSPS) is 17.1. The van der Waals surface area contributed by atoms with E-state index in [0.717, 1.165) is 13.0 Å². The Bertz CT molecular complexity index is 129. The lowest BCUT2D eigenvalue weighted by atomic mass is 9.78. The molecule has 0 spiro atoms. The highest BCUT2D eigenvalue weighted by Gasteiger charge is 2.27. The van der Waals surface area contributed by atoms with Gasteiger partial charge >= 0.3 is 0 Å². The summed E-state index contributed by atoms with van der Waals surface area (Å²) in [5, 5.41) is 3.40. The van der Waals surface area contributed by atoms with Crippen molar-refractivity contribution in [2.24, 2.45) is 11.3 Å². The van der Waals surface area contributed by atoms with Crippen LogP contribution < -0.4 is 5.32 Å². The molecule has 0 aromatic rings. The summed E-state index contributed by atoms with van der Waals surface area (Å²) in [6.45, 7) is 9.97. The lowest BCUT2D eigenvalue weighted by Crippen LogP contribution is -2.43. The van der Waals surface area contributed by atoms with Crippen molar-refractivity contribution in [2.45, 2.75) is 40.2 Å². The second-order valence-electron chi connectivity index (χ2n) is 4.89. The quantitative estimate of drug-likeness (QED) is 0.713. The topological polar surface area (TPSA) is 21.3 Å². The van der Waals surface area contributed by atoms with Crippen LogP contribution in [-0.4, -0.2) is 26.8 Å². The minimum atomic E-state index is 0.321. The maximum Gasteiger partial charge on any atom is 0.0465 e. The second kappa shape index (κ2) is 5.61. The third kappa shape index (κ3) is 4.63. The highest BCUT2D eigenvalue weighted by atomic mass is 16.5. The Morgan fingerprint density at radius 1 is 1.31 bits per heavy atom. The summed E-state index contributed by atoms with van der Waals surface area (Å²) in [5.41, 5.74) is 0.321. The SMILES string of the molecule is CNC(C(C)CCOC)C(C)(C)C. The number of methoxy groups -OCH3 is 1. The summed E-state index contributed by atoms with van der Waals surface area (Å²) in [6, 6.07) is 0.558. The average Bonchev–Trinajstić information content (AvgIpc) is 1.99. The molecule has 80 valence electrons. The predicted octanol–water partition coefficient (Wildman–Crippen LogP) is 2.29. The van der Waals surface area contributed by atoms with Gasteiger partial charge in [0.05, 0.1) is 0 Å². The molecular weight excluding hydrogens is 162 g/mol. The van der Waals surface area contributed by atoms with Gasteiger partial charge in [0, 0.05) is 19.8 Å². The Balaban J connectivity index is 4.07. The van der Waals surface area contributed by atoms with Crippen LogP contribution in [0.4, 0.5) is 0 Å². The van der Waals surface area contributed by atoms with Crippen LogP contribution in [-0.2, 0) is 4.74 Å². The van der Waals surface area contributed by atoms with E-state index < -0.39 is 0 Å². The molecule has 0 aliphatic heterocycles. The molecule has 0 fully saturated rings. The van der Waals surface area contributed by atoms with E-state index in [1.54, 1.807) is 7.11 Å². The van der Waals surface area contributed by atoms with Crippen molar-refractivity contribution in [1.82, 2.24) is 5.32 Å². The Hall–Kier alpha value is -0.0800. The average molecular weight is 187 g/mol. The van der Waals surface area contributed by atoms with Gasteiger partial charge in [-0.3, -0.25) is 0 Å². The van der Waals surface area contributed by atoms with Crippen molar-refractivity contribution < 1.29 is 4.74 Å². The van der Waals surface area contributed by atoms with Gasteiger partial charge in [0.15, 0.2) is 0 Å². The first-order valence-corrected chi connectivity index (χ1v) is 5.09. The lowest BCUT2D eigenvalue weighted by molar-refractivity contribution is 0.143. The van der Waals surface area contributed by atoms with Crippen molar-refractivity contribution in [3.05, 3.63) is 0 Å². The summed E-state index contributed by atoms with van der Waals surface area (Å²) < 4.78 is 5.09. The smallest absolute Gasteiger partial charge is 0.0465 e. The van der Waals surface area contributed by atoms with Crippen LogP contribution in [0, 0.1) is 11.3 Å². The Labute approximate surface area is 83.1 Å². The molecule has 0 saturated heterocycles. The molecule has 2 atom stereocenters. The molecule has 0 amide bonds. The third-order valence-corrected chi connectivity index (χ3v) is 2.59. The second-order valence-corrected chi connectivity index (χ2v) is 4.89. The molecule has 2 nitrogen and oxygen atoms in total. The monoisotopic (exact) mass is 187 g/mol. The molecule has 0 rings (SSSR count). The molecule has 13 heavy (non-hydrogen) atoms. The summed E-state index contributed by atoms with van der Waals surface area (Å²) in [6.07, 6.45) is 1.12. The first kappa shape index (κ1) is 12.9. The Morgan fingerprint density at radius 3 is 2.15 bits per heavy atom. The Morgan fingerprint density at radius 2 is 1.85 bits per heavy atom. The molecule has 0 aliphatic carbocycles. The van der Waals surface area contributed by atoms with E-state index in [1.807, 2.05) is 7.05 Å². The number of rotatable bonds is 5. The van der Waals surface area contributed by atoms with Crippen LogP contribution >= 0.6 is 0 Å². The minimum absolute atomic E-state index is 0.321. The Kier molecular flexibility index (Phi) is 5.57. The highest BCUT2D eigenvalue weighted by molar-refractivity contribution is 4.83. The fourth-order valence-corrected chi connectivity index (χ4v) is 2.04.